The fraction of sp³-hybridized carbons (Fsp3) is 0.379. The summed E-state index contributed by atoms with van der Waals surface area (Å²) in [7, 11) is -3.43. The van der Waals surface area contributed by atoms with Gasteiger partial charge in [0.25, 0.3) is 0 Å². The Labute approximate surface area is 204 Å². The maximum atomic E-state index is 15.6. The summed E-state index contributed by atoms with van der Waals surface area (Å²) in [6.07, 6.45) is 4.28. The Kier molecular flexibility index (Phi) is 6.88. The van der Waals surface area contributed by atoms with E-state index < -0.39 is 13.6 Å². The minimum atomic E-state index is -3.43. The first-order valence-corrected chi connectivity index (χ1v) is 14.2. The van der Waals surface area contributed by atoms with Crippen LogP contribution in [0.2, 0.25) is 0 Å². The van der Waals surface area contributed by atoms with Gasteiger partial charge in [-0.15, -0.1) is 0 Å². The van der Waals surface area contributed by atoms with Crippen LogP contribution in [0.4, 0.5) is 0 Å². The van der Waals surface area contributed by atoms with Crippen LogP contribution in [0.15, 0.2) is 91.0 Å². The number of rotatable bonds is 6. The van der Waals surface area contributed by atoms with Gasteiger partial charge in [-0.3, -0.25) is 0 Å². The Morgan fingerprint density at radius 2 is 1.03 bits per heavy atom. The van der Waals surface area contributed by atoms with Gasteiger partial charge >= 0.3 is 0 Å². The van der Waals surface area contributed by atoms with E-state index in [1.54, 1.807) is 0 Å². The van der Waals surface area contributed by atoms with Crippen molar-refractivity contribution in [1.29, 1.82) is 0 Å². The summed E-state index contributed by atoms with van der Waals surface area (Å²) >= 11 is 0. The molecule has 0 spiro atoms. The van der Waals surface area contributed by atoms with E-state index in [-0.39, 0.29) is 24.2 Å². The monoisotopic (exact) mass is 474 g/mol. The molecule has 1 aliphatic heterocycles. The lowest BCUT2D eigenvalue weighted by atomic mass is 9.88. The van der Waals surface area contributed by atoms with Gasteiger partial charge in [-0.05, 0) is 37.8 Å². The number of fused-ring (bicyclic) bond motifs is 1. The van der Waals surface area contributed by atoms with Gasteiger partial charge in [0.15, 0.2) is 0 Å². The van der Waals surface area contributed by atoms with Crippen LogP contribution in [0.5, 0.6) is 0 Å². The Balaban J connectivity index is 1.67. The summed E-state index contributed by atoms with van der Waals surface area (Å²) in [6, 6.07) is 30.4. The number of hydrogen-bond donors (Lipinski definition) is 1. The van der Waals surface area contributed by atoms with Crippen molar-refractivity contribution >= 4 is 7.79 Å². The highest BCUT2D eigenvalue weighted by molar-refractivity contribution is 7.64. The molecule has 3 aromatic rings. The molecule has 5 heteroatoms. The third-order valence-corrected chi connectivity index (χ3v) is 11.4. The van der Waals surface area contributed by atoms with Crippen LogP contribution in [0.3, 0.4) is 0 Å². The fourth-order valence-electron chi connectivity index (χ4n) is 6.16. The molecule has 1 N–H and O–H groups in total. The van der Waals surface area contributed by atoms with E-state index in [9.17, 15) is 5.11 Å². The lowest BCUT2D eigenvalue weighted by Gasteiger charge is -2.47. The second-order valence-electron chi connectivity index (χ2n) is 9.73. The first-order valence-electron chi connectivity index (χ1n) is 12.5. The van der Waals surface area contributed by atoms with Crippen molar-refractivity contribution in [2.24, 2.45) is 0 Å². The lowest BCUT2D eigenvalue weighted by molar-refractivity contribution is -0.203. The second kappa shape index (κ2) is 9.89. The Morgan fingerprint density at radius 3 is 1.41 bits per heavy atom. The molecule has 1 aliphatic carbocycles. The molecule has 3 aromatic carbocycles. The molecule has 5 rings (SSSR count). The number of aliphatic hydroxyl groups excluding tert-OH is 1. The van der Waals surface area contributed by atoms with Crippen molar-refractivity contribution in [3.8, 4) is 0 Å². The maximum absolute atomic E-state index is 15.6. The molecule has 0 aromatic heterocycles. The van der Waals surface area contributed by atoms with E-state index >= 15 is 4.89 Å². The molecule has 1 heterocycles. The number of nitrogens with zero attached hydrogens (tertiary/aromatic N) is 2. The van der Waals surface area contributed by atoms with Crippen LogP contribution >= 0.6 is 7.79 Å². The van der Waals surface area contributed by atoms with Crippen molar-refractivity contribution in [3.63, 3.8) is 0 Å². The van der Waals surface area contributed by atoms with Gasteiger partial charge in [-0.25, -0.2) is 0 Å². The molecule has 1 saturated heterocycles. The third kappa shape index (κ3) is 4.02. The molecule has 178 valence electrons. The third-order valence-electron chi connectivity index (χ3n) is 7.81. The standard InChI is InChI=1S/C29H35N2O2P/c1-22(24-14-6-3-7-15-24)30-27-20-12-13-21-28(27)31(23(2)25-16-8-4-9-17-25)34(30,33)29(32)26-18-10-5-11-19-26/h3-11,14-19,22-23,27-29,32H,12-13,20-21H2,1-2H3/t22-,23-,27+,28+,29+/m0/s1. The van der Waals surface area contributed by atoms with Crippen molar-refractivity contribution in [2.45, 2.75) is 69.5 Å². The number of hydrogen-bond acceptors (Lipinski definition) is 4. The molecular formula is C29H35N2O2P. The summed E-state index contributed by atoms with van der Waals surface area (Å²) in [5, 5.41) is 11.9. The number of benzene rings is 3. The average Bonchev–Trinajstić information content (AvgIpc) is 3.17. The van der Waals surface area contributed by atoms with E-state index in [4.69, 9.17) is 0 Å². The average molecular weight is 475 g/mol. The van der Waals surface area contributed by atoms with Crippen molar-refractivity contribution in [3.05, 3.63) is 108 Å². The second-order valence-corrected chi connectivity index (χ2v) is 12.3. The first kappa shape index (κ1) is 23.7. The molecule has 0 unspecified atom stereocenters. The highest BCUT2D eigenvalue weighted by Gasteiger charge is 2.65. The first-order chi connectivity index (χ1) is 16.5. The zero-order valence-electron chi connectivity index (χ0n) is 20.1. The zero-order chi connectivity index (χ0) is 23.7. The van der Waals surface area contributed by atoms with Gasteiger partial charge in [-0.2, -0.15) is 9.34 Å². The lowest BCUT2D eigenvalue weighted by Crippen LogP contribution is -2.41. The highest BCUT2D eigenvalue weighted by Crippen LogP contribution is 2.77. The van der Waals surface area contributed by atoms with Gasteiger partial charge in [0.2, 0.25) is 5.85 Å². The van der Waals surface area contributed by atoms with E-state index in [0.717, 1.165) is 42.4 Å². The molecule has 0 bridgehead atoms. The van der Waals surface area contributed by atoms with Crippen molar-refractivity contribution in [1.82, 2.24) is 9.34 Å². The quantitative estimate of drug-likeness (QED) is 0.429. The van der Waals surface area contributed by atoms with Gasteiger partial charge in [0.05, 0.1) is 24.2 Å². The fourth-order valence-corrected chi connectivity index (χ4v) is 10.1. The molecule has 4 nitrogen and oxygen atoms in total. The molecule has 0 amide bonds. The van der Waals surface area contributed by atoms with Crippen LogP contribution in [-0.2, 0) is 0 Å². The zero-order valence-corrected chi connectivity index (χ0v) is 21.0. The van der Waals surface area contributed by atoms with Gasteiger partial charge in [-0.1, -0.05) is 104 Å². The molecular weight excluding hydrogens is 439 g/mol. The maximum Gasteiger partial charge on any atom is 0.217 e. The SMILES string of the molecule is C[C@@H](c1ccccc1)N1[C@@H]2CCCC[C@H]2N([C@@H](C)c2ccccc2)[P+]1([O-])[C@@H](O)c1ccccc1. The molecule has 2 fully saturated rings. The Morgan fingerprint density at radius 1 is 0.676 bits per heavy atom. The summed E-state index contributed by atoms with van der Waals surface area (Å²) in [4.78, 5) is 15.6. The normalized spacial score (nSPS) is 25.4. The highest BCUT2D eigenvalue weighted by atomic mass is 31.2. The predicted molar refractivity (Wildman–Crippen MR) is 138 cm³/mol. The Bertz CT molecular complexity index is 1000. The molecule has 5 atom stereocenters. The van der Waals surface area contributed by atoms with Gasteiger partial charge in [0.1, 0.15) is 7.79 Å². The summed E-state index contributed by atoms with van der Waals surface area (Å²) in [5.41, 5.74) is 3.00. The largest absolute Gasteiger partial charge is 0.648 e. The van der Waals surface area contributed by atoms with E-state index in [1.807, 2.05) is 66.7 Å². The van der Waals surface area contributed by atoms with Crippen LogP contribution in [0.25, 0.3) is 0 Å². The molecule has 0 radical (unpaired) electrons. The molecule has 34 heavy (non-hydrogen) atoms. The van der Waals surface area contributed by atoms with Crippen LogP contribution < -0.4 is 4.89 Å². The minimum absolute atomic E-state index is 0.0658. The van der Waals surface area contributed by atoms with E-state index in [1.165, 1.54) is 0 Å². The van der Waals surface area contributed by atoms with Crippen molar-refractivity contribution in [2.75, 3.05) is 0 Å². The van der Waals surface area contributed by atoms with E-state index in [0.29, 0.717) is 0 Å². The summed E-state index contributed by atoms with van der Waals surface area (Å²) in [6.45, 7) is 4.31. The van der Waals surface area contributed by atoms with Crippen LogP contribution in [0.1, 0.15) is 74.1 Å². The number of aliphatic hydroxyl groups is 1. The van der Waals surface area contributed by atoms with Crippen LogP contribution in [-0.4, -0.2) is 26.5 Å². The van der Waals surface area contributed by atoms with Gasteiger partial charge in [0, 0.05) is 5.56 Å². The van der Waals surface area contributed by atoms with E-state index in [2.05, 4.69) is 47.5 Å². The minimum Gasteiger partial charge on any atom is -0.648 e. The predicted octanol–water partition coefficient (Wildman–Crippen LogP) is 6.25. The van der Waals surface area contributed by atoms with Gasteiger partial charge < -0.3 is 10.00 Å². The Hall–Kier alpha value is -2.07. The smallest absolute Gasteiger partial charge is 0.217 e. The van der Waals surface area contributed by atoms with Crippen molar-refractivity contribution < 1.29 is 10.00 Å². The molecule has 1 saturated carbocycles. The molecule has 2 aliphatic rings. The topological polar surface area (TPSA) is 49.8 Å². The summed E-state index contributed by atoms with van der Waals surface area (Å²) < 4.78 is 4.45. The summed E-state index contributed by atoms with van der Waals surface area (Å²) in [5.74, 6) is -1.07. The van der Waals surface area contributed by atoms with Crippen LogP contribution in [0, 0.1) is 0 Å².